The first-order chi connectivity index (χ1) is 12.6. The summed E-state index contributed by atoms with van der Waals surface area (Å²) in [6.45, 7) is 5.05. The molecule has 0 unspecified atom stereocenters. The van der Waals surface area contributed by atoms with Crippen molar-refractivity contribution in [3.8, 4) is 0 Å². The highest BCUT2D eigenvalue weighted by Gasteiger charge is 2.12. The average Bonchev–Trinajstić information content (AvgIpc) is 3.30. The Kier molecular flexibility index (Phi) is 6.46. The fourth-order valence-corrected chi connectivity index (χ4v) is 4.07. The summed E-state index contributed by atoms with van der Waals surface area (Å²) in [5.41, 5.74) is 2.03. The van der Waals surface area contributed by atoms with Gasteiger partial charge in [-0.15, -0.1) is 21.5 Å². The van der Waals surface area contributed by atoms with Crippen LogP contribution in [0.15, 0.2) is 53.3 Å². The van der Waals surface area contributed by atoms with Crippen molar-refractivity contribution < 1.29 is 4.79 Å². The van der Waals surface area contributed by atoms with Crippen molar-refractivity contribution in [3.63, 3.8) is 0 Å². The van der Waals surface area contributed by atoms with Crippen molar-refractivity contribution >= 4 is 34.7 Å². The molecular formula is C19H22N4OS2. The van der Waals surface area contributed by atoms with Crippen molar-refractivity contribution in [1.82, 2.24) is 14.8 Å². The molecule has 136 valence electrons. The Balaban J connectivity index is 1.55. The fraction of sp³-hybridized carbons (Fsp3) is 0.316. The molecule has 3 rings (SSSR count). The summed E-state index contributed by atoms with van der Waals surface area (Å²) in [5.74, 6) is 0.639. The number of carbonyl (C=O) groups is 1. The molecule has 1 N–H and O–H groups in total. The molecule has 0 aliphatic carbocycles. The Hall–Kier alpha value is -2.12. The molecule has 2 aromatic heterocycles. The van der Waals surface area contributed by atoms with E-state index in [-0.39, 0.29) is 5.91 Å². The zero-order valence-corrected chi connectivity index (χ0v) is 16.5. The molecule has 26 heavy (non-hydrogen) atoms. The van der Waals surface area contributed by atoms with E-state index in [0.717, 1.165) is 29.4 Å². The third-order valence-electron chi connectivity index (χ3n) is 3.95. The monoisotopic (exact) mass is 386 g/mol. The minimum absolute atomic E-state index is 0.0316. The van der Waals surface area contributed by atoms with Gasteiger partial charge in [0.2, 0.25) is 5.91 Å². The number of thiophene rings is 1. The zero-order chi connectivity index (χ0) is 18.4. The van der Waals surface area contributed by atoms with Crippen LogP contribution in [0.2, 0.25) is 0 Å². The van der Waals surface area contributed by atoms with Gasteiger partial charge in [0.15, 0.2) is 5.16 Å². The molecule has 3 aromatic rings. The van der Waals surface area contributed by atoms with Gasteiger partial charge in [-0.25, -0.2) is 0 Å². The molecule has 0 aliphatic heterocycles. The second-order valence-corrected chi connectivity index (χ2v) is 8.19. The molecule has 0 radical (unpaired) electrons. The zero-order valence-electron chi connectivity index (χ0n) is 14.9. The number of para-hydroxylation sites is 1. The van der Waals surface area contributed by atoms with Crippen LogP contribution >= 0.6 is 23.1 Å². The number of thioether (sulfide) groups is 1. The highest BCUT2D eigenvalue weighted by molar-refractivity contribution is 7.99. The number of aryl methyl sites for hydroxylation is 2. The highest BCUT2D eigenvalue weighted by atomic mass is 32.2. The van der Waals surface area contributed by atoms with Gasteiger partial charge in [-0.2, -0.15) is 0 Å². The van der Waals surface area contributed by atoms with Gasteiger partial charge in [-0.05, 0) is 35.4 Å². The number of rotatable bonds is 8. The van der Waals surface area contributed by atoms with E-state index in [4.69, 9.17) is 0 Å². The molecule has 0 fully saturated rings. The first-order valence-electron chi connectivity index (χ1n) is 8.55. The van der Waals surface area contributed by atoms with E-state index in [0.29, 0.717) is 11.7 Å². The maximum atomic E-state index is 12.4. The molecule has 1 amide bonds. The number of nitrogens with zero attached hydrogens (tertiary/aromatic N) is 3. The van der Waals surface area contributed by atoms with Crippen molar-refractivity contribution in [2.45, 2.75) is 37.9 Å². The Labute approximate surface area is 161 Å². The minimum atomic E-state index is -0.0316. The van der Waals surface area contributed by atoms with Gasteiger partial charge >= 0.3 is 0 Å². The van der Waals surface area contributed by atoms with Crippen LogP contribution in [0.3, 0.4) is 0 Å². The number of amides is 1. The summed E-state index contributed by atoms with van der Waals surface area (Å²) in [4.78, 5) is 13.7. The van der Waals surface area contributed by atoms with Crippen LogP contribution in [0, 0.1) is 0 Å². The van der Waals surface area contributed by atoms with Gasteiger partial charge in [-0.3, -0.25) is 4.79 Å². The lowest BCUT2D eigenvalue weighted by atomic mass is 10.0. The number of hydrogen-bond acceptors (Lipinski definition) is 5. The number of carbonyl (C=O) groups excluding carboxylic acids is 1. The standard InChI is InChI=1S/C19H22N4OS2/c1-14(2)16-7-3-4-8-17(16)21-18(24)12-26-19-22-20-13-23(19)10-9-15-6-5-11-25-15/h3-8,11,13-14H,9-10,12H2,1-2H3,(H,21,24). The van der Waals surface area contributed by atoms with E-state index < -0.39 is 0 Å². The summed E-state index contributed by atoms with van der Waals surface area (Å²) in [5, 5.41) is 14.0. The molecule has 7 heteroatoms. The van der Waals surface area contributed by atoms with Gasteiger partial charge in [0.05, 0.1) is 5.75 Å². The predicted octanol–water partition coefficient (Wildman–Crippen LogP) is 4.44. The minimum Gasteiger partial charge on any atom is -0.325 e. The SMILES string of the molecule is CC(C)c1ccccc1NC(=O)CSc1nncn1CCc1cccs1. The molecule has 0 spiro atoms. The van der Waals surface area contributed by atoms with Crippen molar-refractivity contribution in [3.05, 3.63) is 58.5 Å². The summed E-state index contributed by atoms with van der Waals surface area (Å²) < 4.78 is 2.00. The predicted molar refractivity (Wildman–Crippen MR) is 108 cm³/mol. The van der Waals surface area contributed by atoms with Gasteiger partial charge < -0.3 is 9.88 Å². The average molecular weight is 387 g/mol. The first-order valence-corrected chi connectivity index (χ1v) is 10.4. The lowest BCUT2D eigenvalue weighted by Crippen LogP contribution is -2.16. The summed E-state index contributed by atoms with van der Waals surface area (Å²) in [7, 11) is 0. The van der Waals surface area contributed by atoms with Crippen molar-refractivity contribution in [2.75, 3.05) is 11.1 Å². The van der Waals surface area contributed by atoms with E-state index in [1.807, 2.05) is 22.8 Å². The number of hydrogen-bond donors (Lipinski definition) is 1. The van der Waals surface area contributed by atoms with Gasteiger partial charge in [0.25, 0.3) is 0 Å². The molecule has 0 aliphatic rings. The maximum Gasteiger partial charge on any atom is 0.234 e. The Bertz CT molecular complexity index is 843. The van der Waals surface area contributed by atoms with Crippen LogP contribution in [0.1, 0.15) is 30.2 Å². The van der Waals surface area contributed by atoms with Crippen LogP contribution < -0.4 is 5.32 Å². The largest absolute Gasteiger partial charge is 0.325 e. The van der Waals surface area contributed by atoms with Crippen LogP contribution in [0.4, 0.5) is 5.69 Å². The first kappa shape index (κ1) is 18.7. The van der Waals surface area contributed by atoms with Crippen molar-refractivity contribution in [1.29, 1.82) is 0 Å². The molecule has 5 nitrogen and oxygen atoms in total. The summed E-state index contributed by atoms with van der Waals surface area (Å²) in [6.07, 6.45) is 2.67. The van der Waals surface area contributed by atoms with Crippen molar-refractivity contribution in [2.24, 2.45) is 0 Å². The van der Waals surface area contributed by atoms with Crippen LogP contribution in [-0.2, 0) is 17.8 Å². The quantitative estimate of drug-likeness (QED) is 0.582. The van der Waals surface area contributed by atoms with E-state index in [2.05, 4.69) is 52.9 Å². The van der Waals surface area contributed by atoms with Crippen LogP contribution in [0.5, 0.6) is 0 Å². The Morgan fingerprint density at radius 3 is 2.88 bits per heavy atom. The molecule has 2 heterocycles. The smallest absolute Gasteiger partial charge is 0.234 e. The van der Waals surface area contributed by atoms with Gasteiger partial charge in [0, 0.05) is 17.1 Å². The number of anilines is 1. The molecule has 0 atom stereocenters. The van der Waals surface area contributed by atoms with E-state index >= 15 is 0 Å². The topological polar surface area (TPSA) is 59.8 Å². The normalized spacial score (nSPS) is 11.0. The summed E-state index contributed by atoms with van der Waals surface area (Å²) >= 11 is 3.16. The number of benzene rings is 1. The molecule has 0 bridgehead atoms. The second-order valence-electron chi connectivity index (χ2n) is 6.22. The molecule has 0 saturated carbocycles. The molecular weight excluding hydrogens is 364 g/mol. The third-order valence-corrected chi connectivity index (χ3v) is 5.87. The fourth-order valence-electron chi connectivity index (χ4n) is 2.63. The third kappa shape index (κ3) is 4.95. The number of nitrogens with one attached hydrogen (secondary N) is 1. The number of aromatic nitrogens is 3. The lowest BCUT2D eigenvalue weighted by Gasteiger charge is -2.13. The Morgan fingerprint density at radius 1 is 1.27 bits per heavy atom. The Morgan fingerprint density at radius 2 is 2.12 bits per heavy atom. The molecule has 1 aromatic carbocycles. The molecule has 0 saturated heterocycles. The van der Waals surface area contributed by atoms with Gasteiger partial charge in [0.1, 0.15) is 6.33 Å². The van der Waals surface area contributed by atoms with Gasteiger partial charge in [-0.1, -0.05) is 49.9 Å². The maximum absolute atomic E-state index is 12.4. The second kappa shape index (κ2) is 9.00. The van der Waals surface area contributed by atoms with Crippen LogP contribution in [0.25, 0.3) is 0 Å². The van der Waals surface area contributed by atoms with Crippen LogP contribution in [-0.4, -0.2) is 26.4 Å². The highest BCUT2D eigenvalue weighted by Crippen LogP contribution is 2.24. The van der Waals surface area contributed by atoms with E-state index in [9.17, 15) is 4.79 Å². The van der Waals surface area contributed by atoms with E-state index in [1.54, 1.807) is 17.7 Å². The van der Waals surface area contributed by atoms with E-state index in [1.165, 1.54) is 16.6 Å². The lowest BCUT2D eigenvalue weighted by molar-refractivity contribution is -0.113. The summed E-state index contributed by atoms with van der Waals surface area (Å²) in [6, 6.07) is 12.1.